The Bertz CT molecular complexity index is 472. The standard InChI is InChI=1S/C12H20N2O5S/c15-11(16)8-14(7-9-1-2-9)12(17)13-10-3-5-20(18,19)6-4-10/h9-10H,1-8H2,(H,13,17)(H,15,16). The molecule has 0 unspecified atom stereocenters. The normalized spacial score (nSPS) is 22.2. The molecular formula is C12H20N2O5S. The van der Waals surface area contributed by atoms with Crippen molar-refractivity contribution in [3.05, 3.63) is 0 Å². The molecule has 114 valence electrons. The third-order valence-corrected chi connectivity index (χ3v) is 5.39. The van der Waals surface area contributed by atoms with Gasteiger partial charge in [-0.05, 0) is 31.6 Å². The van der Waals surface area contributed by atoms with Crippen LogP contribution in [0.1, 0.15) is 25.7 Å². The van der Waals surface area contributed by atoms with Crippen molar-refractivity contribution >= 4 is 21.8 Å². The van der Waals surface area contributed by atoms with Gasteiger partial charge in [0.2, 0.25) is 0 Å². The van der Waals surface area contributed by atoms with Gasteiger partial charge in [-0.1, -0.05) is 0 Å². The van der Waals surface area contributed by atoms with Crippen LogP contribution < -0.4 is 5.32 Å². The Labute approximate surface area is 118 Å². The van der Waals surface area contributed by atoms with E-state index in [1.54, 1.807) is 0 Å². The molecule has 1 aliphatic heterocycles. The lowest BCUT2D eigenvalue weighted by molar-refractivity contribution is -0.137. The molecule has 0 bridgehead atoms. The van der Waals surface area contributed by atoms with E-state index < -0.39 is 21.8 Å². The second kappa shape index (κ2) is 5.99. The first-order valence-corrected chi connectivity index (χ1v) is 8.65. The van der Waals surface area contributed by atoms with E-state index in [1.807, 2.05) is 0 Å². The van der Waals surface area contributed by atoms with Crippen LogP contribution in [-0.2, 0) is 14.6 Å². The molecule has 2 fully saturated rings. The van der Waals surface area contributed by atoms with Gasteiger partial charge in [0.25, 0.3) is 0 Å². The number of nitrogens with one attached hydrogen (secondary N) is 1. The maximum Gasteiger partial charge on any atom is 0.323 e. The first kappa shape index (κ1) is 15.1. The number of carbonyl (C=O) groups is 2. The molecule has 2 rings (SSSR count). The maximum atomic E-state index is 12.1. The zero-order valence-corrected chi connectivity index (χ0v) is 12.1. The summed E-state index contributed by atoms with van der Waals surface area (Å²) in [4.78, 5) is 24.2. The molecule has 2 N–H and O–H groups in total. The fourth-order valence-electron chi connectivity index (χ4n) is 2.29. The number of rotatable bonds is 5. The summed E-state index contributed by atoms with van der Waals surface area (Å²) < 4.78 is 22.6. The molecule has 0 aromatic heterocycles. The van der Waals surface area contributed by atoms with Crippen molar-refractivity contribution in [2.24, 2.45) is 5.92 Å². The summed E-state index contributed by atoms with van der Waals surface area (Å²) in [6.07, 6.45) is 2.87. The first-order valence-electron chi connectivity index (χ1n) is 6.83. The highest BCUT2D eigenvalue weighted by atomic mass is 32.2. The van der Waals surface area contributed by atoms with E-state index in [0.717, 1.165) is 12.8 Å². The van der Waals surface area contributed by atoms with Gasteiger partial charge in [0, 0.05) is 12.6 Å². The quantitative estimate of drug-likeness (QED) is 0.748. The highest BCUT2D eigenvalue weighted by molar-refractivity contribution is 7.91. The van der Waals surface area contributed by atoms with E-state index in [0.29, 0.717) is 25.3 Å². The Kier molecular flexibility index (Phi) is 4.52. The lowest BCUT2D eigenvalue weighted by Gasteiger charge is -2.27. The van der Waals surface area contributed by atoms with Gasteiger partial charge in [-0.25, -0.2) is 13.2 Å². The summed E-state index contributed by atoms with van der Waals surface area (Å²) in [5.74, 6) is -0.460. The number of hydrogen-bond acceptors (Lipinski definition) is 4. The topological polar surface area (TPSA) is 104 Å². The van der Waals surface area contributed by atoms with Crippen LogP contribution in [0.2, 0.25) is 0 Å². The fourth-order valence-corrected chi connectivity index (χ4v) is 3.79. The smallest absolute Gasteiger partial charge is 0.323 e. The highest BCUT2D eigenvalue weighted by Crippen LogP contribution is 2.29. The first-order chi connectivity index (χ1) is 9.35. The van der Waals surface area contributed by atoms with Gasteiger partial charge in [0.15, 0.2) is 0 Å². The highest BCUT2D eigenvalue weighted by Gasteiger charge is 2.30. The Morgan fingerprint density at radius 1 is 1.15 bits per heavy atom. The number of carboxylic acids is 1. The molecule has 8 heteroatoms. The van der Waals surface area contributed by atoms with Crippen molar-refractivity contribution in [3.63, 3.8) is 0 Å². The van der Waals surface area contributed by atoms with Crippen molar-refractivity contribution in [1.29, 1.82) is 0 Å². The monoisotopic (exact) mass is 304 g/mol. The molecule has 1 saturated carbocycles. The molecule has 0 radical (unpaired) electrons. The lowest BCUT2D eigenvalue weighted by Crippen LogP contribution is -2.49. The summed E-state index contributed by atoms with van der Waals surface area (Å²) in [7, 11) is -2.96. The van der Waals surface area contributed by atoms with Crippen LogP contribution in [-0.4, -0.2) is 61.1 Å². The molecule has 0 aromatic rings. The summed E-state index contributed by atoms with van der Waals surface area (Å²) in [6, 6.07) is -0.579. The van der Waals surface area contributed by atoms with Crippen LogP contribution in [0.5, 0.6) is 0 Å². The number of nitrogens with zero attached hydrogens (tertiary/aromatic N) is 1. The van der Waals surface area contributed by atoms with Crippen molar-refractivity contribution in [1.82, 2.24) is 10.2 Å². The van der Waals surface area contributed by atoms with Crippen molar-refractivity contribution in [2.45, 2.75) is 31.7 Å². The van der Waals surface area contributed by atoms with E-state index in [9.17, 15) is 18.0 Å². The van der Waals surface area contributed by atoms with Crippen LogP contribution in [0.15, 0.2) is 0 Å². The SMILES string of the molecule is O=C(O)CN(CC1CC1)C(=O)NC1CCS(=O)(=O)CC1. The molecule has 1 heterocycles. The average Bonchev–Trinajstić information content (AvgIpc) is 3.14. The minimum absolute atomic E-state index is 0.0828. The van der Waals surface area contributed by atoms with E-state index in [1.165, 1.54) is 4.90 Å². The van der Waals surface area contributed by atoms with Gasteiger partial charge in [-0.15, -0.1) is 0 Å². The molecule has 2 aliphatic rings. The summed E-state index contributed by atoms with van der Waals surface area (Å²) >= 11 is 0. The van der Waals surface area contributed by atoms with Crippen LogP contribution >= 0.6 is 0 Å². The van der Waals surface area contributed by atoms with Crippen molar-refractivity contribution in [2.75, 3.05) is 24.6 Å². The van der Waals surface area contributed by atoms with E-state index >= 15 is 0 Å². The second-order valence-electron chi connectivity index (χ2n) is 5.59. The molecule has 7 nitrogen and oxygen atoms in total. The van der Waals surface area contributed by atoms with E-state index in [4.69, 9.17) is 5.11 Å². The third kappa shape index (κ3) is 4.66. The fraction of sp³-hybridized carbons (Fsp3) is 0.833. The Balaban J connectivity index is 1.85. The number of aliphatic carboxylic acids is 1. The molecular weight excluding hydrogens is 284 g/mol. The number of urea groups is 1. The van der Waals surface area contributed by atoms with Gasteiger partial charge in [-0.3, -0.25) is 4.79 Å². The molecule has 20 heavy (non-hydrogen) atoms. The van der Waals surface area contributed by atoms with Gasteiger partial charge in [0.1, 0.15) is 16.4 Å². The summed E-state index contributed by atoms with van der Waals surface area (Å²) in [5, 5.41) is 11.6. The van der Waals surface area contributed by atoms with Gasteiger partial charge in [0.05, 0.1) is 11.5 Å². The van der Waals surface area contributed by atoms with E-state index in [2.05, 4.69) is 5.32 Å². The Morgan fingerprint density at radius 2 is 1.75 bits per heavy atom. The van der Waals surface area contributed by atoms with Crippen LogP contribution in [0, 0.1) is 5.92 Å². The lowest BCUT2D eigenvalue weighted by atomic mass is 10.1. The Hall–Kier alpha value is -1.31. The van der Waals surface area contributed by atoms with Gasteiger partial charge < -0.3 is 15.3 Å². The zero-order valence-electron chi connectivity index (χ0n) is 11.2. The van der Waals surface area contributed by atoms with Gasteiger partial charge >= 0.3 is 12.0 Å². The average molecular weight is 304 g/mol. The number of amides is 2. The van der Waals surface area contributed by atoms with Crippen LogP contribution in [0.3, 0.4) is 0 Å². The molecule has 2 amide bonds. The summed E-state index contributed by atoms with van der Waals surface area (Å²) in [5.41, 5.74) is 0. The largest absolute Gasteiger partial charge is 0.480 e. The summed E-state index contributed by atoms with van der Waals surface area (Å²) in [6.45, 7) is 0.149. The van der Waals surface area contributed by atoms with E-state index in [-0.39, 0.29) is 24.1 Å². The number of sulfone groups is 1. The molecule has 0 aromatic carbocycles. The minimum atomic E-state index is -2.96. The molecule has 1 aliphatic carbocycles. The van der Waals surface area contributed by atoms with Crippen LogP contribution in [0.25, 0.3) is 0 Å². The zero-order chi connectivity index (χ0) is 14.8. The van der Waals surface area contributed by atoms with Crippen molar-refractivity contribution in [3.8, 4) is 0 Å². The number of carbonyl (C=O) groups excluding carboxylic acids is 1. The van der Waals surface area contributed by atoms with Gasteiger partial charge in [-0.2, -0.15) is 0 Å². The minimum Gasteiger partial charge on any atom is -0.480 e. The molecule has 0 spiro atoms. The molecule has 0 atom stereocenters. The molecule has 1 saturated heterocycles. The van der Waals surface area contributed by atoms with Crippen molar-refractivity contribution < 1.29 is 23.1 Å². The predicted molar refractivity (Wildman–Crippen MR) is 72.1 cm³/mol. The second-order valence-corrected chi connectivity index (χ2v) is 7.90. The number of carboxylic acid groups (broad SMARTS) is 1. The maximum absolute atomic E-state index is 12.1. The van der Waals surface area contributed by atoms with Crippen LogP contribution in [0.4, 0.5) is 4.79 Å². The predicted octanol–water partition coefficient (Wildman–Crippen LogP) is 0.0698. The number of hydrogen-bond donors (Lipinski definition) is 2. The third-order valence-electron chi connectivity index (χ3n) is 3.67. The Morgan fingerprint density at radius 3 is 2.25 bits per heavy atom.